The lowest BCUT2D eigenvalue weighted by Crippen LogP contribution is -2.48. The van der Waals surface area contributed by atoms with Gasteiger partial charge in [0.15, 0.2) is 0 Å². The molecule has 1 amide bonds. The van der Waals surface area contributed by atoms with Gasteiger partial charge in [-0.05, 0) is 31.8 Å². The number of likely N-dealkylation sites (N-methyl/N-ethyl adjacent to an activating group) is 1. The molecule has 0 radical (unpaired) electrons. The molecule has 1 rings (SSSR count). The summed E-state index contributed by atoms with van der Waals surface area (Å²) in [7, 11) is 0. The van der Waals surface area contributed by atoms with E-state index in [2.05, 4.69) is 18.7 Å². The highest BCUT2D eigenvalue weighted by Gasteiger charge is 2.20. The topological polar surface area (TPSA) is 49.6 Å². The van der Waals surface area contributed by atoms with Gasteiger partial charge in [0.1, 0.15) is 0 Å². The van der Waals surface area contributed by atoms with Crippen molar-refractivity contribution < 1.29 is 4.79 Å². The molecule has 1 atom stereocenters. The Bertz CT molecular complexity index is 225. The van der Waals surface area contributed by atoms with E-state index in [9.17, 15) is 4.79 Å². The van der Waals surface area contributed by atoms with E-state index in [1.807, 2.05) is 4.90 Å². The van der Waals surface area contributed by atoms with E-state index in [0.29, 0.717) is 18.2 Å². The van der Waals surface area contributed by atoms with E-state index in [4.69, 9.17) is 5.73 Å². The lowest BCUT2D eigenvalue weighted by molar-refractivity contribution is -0.133. The number of nitrogens with zero attached hydrogens (tertiary/aromatic N) is 2. The summed E-state index contributed by atoms with van der Waals surface area (Å²) in [5.41, 5.74) is 5.51. The monoisotopic (exact) mass is 241 g/mol. The van der Waals surface area contributed by atoms with Gasteiger partial charge in [-0.15, -0.1) is 0 Å². The normalized spacial score (nSPS) is 19.4. The third-order valence-corrected chi connectivity index (χ3v) is 3.68. The molecule has 0 bridgehead atoms. The van der Waals surface area contributed by atoms with Crippen molar-refractivity contribution in [2.75, 3.05) is 39.3 Å². The van der Waals surface area contributed by atoms with Gasteiger partial charge in [-0.25, -0.2) is 0 Å². The van der Waals surface area contributed by atoms with Crippen LogP contribution in [-0.4, -0.2) is 55.0 Å². The molecule has 100 valence electrons. The first-order chi connectivity index (χ1) is 8.17. The van der Waals surface area contributed by atoms with E-state index in [-0.39, 0.29) is 0 Å². The van der Waals surface area contributed by atoms with Crippen molar-refractivity contribution in [2.24, 2.45) is 11.7 Å². The summed E-state index contributed by atoms with van der Waals surface area (Å²) in [5, 5.41) is 0. The zero-order chi connectivity index (χ0) is 12.7. The molecule has 0 aliphatic carbocycles. The largest absolute Gasteiger partial charge is 0.340 e. The zero-order valence-corrected chi connectivity index (χ0v) is 11.3. The van der Waals surface area contributed by atoms with Gasteiger partial charge in [0.05, 0.1) is 0 Å². The van der Waals surface area contributed by atoms with Crippen molar-refractivity contribution in [3.05, 3.63) is 0 Å². The molecule has 4 nitrogen and oxygen atoms in total. The summed E-state index contributed by atoms with van der Waals surface area (Å²) in [6.07, 6.45) is 2.69. The smallest absolute Gasteiger partial charge is 0.222 e. The summed E-state index contributed by atoms with van der Waals surface area (Å²) in [4.78, 5) is 16.4. The lowest BCUT2D eigenvalue weighted by Gasteiger charge is -2.34. The predicted octanol–water partition coefficient (Wildman–Crippen LogP) is 0.916. The maximum Gasteiger partial charge on any atom is 0.222 e. The van der Waals surface area contributed by atoms with Crippen LogP contribution in [0.5, 0.6) is 0 Å². The molecule has 1 aliphatic rings. The second kappa shape index (κ2) is 7.67. The molecule has 0 aromatic heterocycles. The minimum atomic E-state index is 0.324. The lowest BCUT2D eigenvalue weighted by atomic mass is 10.0. The van der Waals surface area contributed by atoms with Crippen LogP contribution < -0.4 is 5.73 Å². The standard InChI is InChI=1S/C13H27N3O/c1-3-15-8-10-16(11-9-15)13(17)5-4-12(2)6-7-14/h12H,3-11,14H2,1-2H3. The second-order valence-electron chi connectivity index (χ2n) is 5.04. The highest BCUT2D eigenvalue weighted by molar-refractivity contribution is 5.76. The van der Waals surface area contributed by atoms with Gasteiger partial charge >= 0.3 is 0 Å². The highest BCUT2D eigenvalue weighted by Crippen LogP contribution is 2.12. The third kappa shape index (κ3) is 5.04. The summed E-state index contributed by atoms with van der Waals surface area (Å²) < 4.78 is 0. The number of carbonyl (C=O) groups excluding carboxylic acids is 1. The van der Waals surface area contributed by atoms with Crippen molar-refractivity contribution in [1.29, 1.82) is 0 Å². The third-order valence-electron chi connectivity index (χ3n) is 3.68. The second-order valence-corrected chi connectivity index (χ2v) is 5.04. The Morgan fingerprint density at radius 3 is 2.41 bits per heavy atom. The van der Waals surface area contributed by atoms with E-state index in [0.717, 1.165) is 52.1 Å². The molecule has 0 aromatic carbocycles. The molecule has 0 saturated carbocycles. The Hall–Kier alpha value is -0.610. The van der Waals surface area contributed by atoms with Crippen molar-refractivity contribution in [3.63, 3.8) is 0 Å². The van der Waals surface area contributed by atoms with Crippen LogP contribution in [0.1, 0.15) is 33.1 Å². The van der Waals surface area contributed by atoms with Gasteiger partial charge in [-0.2, -0.15) is 0 Å². The maximum absolute atomic E-state index is 12.0. The number of hydrogen-bond acceptors (Lipinski definition) is 3. The van der Waals surface area contributed by atoms with Crippen LogP contribution in [0.25, 0.3) is 0 Å². The maximum atomic E-state index is 12.0. The fourth-order valence-electron chi connectivity index (χ4n) is 2.27. The Morgan fingerprint density at radius 2 is 1.88 bits per heavy atom. The van der Waals surface area contributed by atoms with Gasteiger partial charge in [-0.3, -0.25) is 4.79 Å². The molecule has 1 aliphatic heterocycles. The minimum absolute atomic E-state index is 0.324. The molecule has 1 fully saturated rings. The molecule has 2 N–H and O–H groups in total. The van der Waals surface area contributed by atoms with Crippen LogP contribution >= 0.6 is 0 Å². The Labute approximate surface area is 105 Å². The first kappa shape index (κ1) is 14.5. The van der Waals surface area contributed by atoms with Crippen molar-refractivity contribution in [1.82, 2.24) is 9.80 Å². The van der Waals surface area contributed by atoms with E-state index in [1.54, 1.807) is 0 Å². The number of carbonyl (C=O) groups is 1. The molecule has 1 unspecified atom stereocenters. The van der Waals surface area contributed by atoms with Crippen LogP contribution in [0, 0.1) is 5.92 Å². The van der Waals surface area contributed by atoms with Gasteiger partial charge in [0, 0.05) is 32.6 Å². The van der Waals surface area contributed by atoms with Gasteiger partial charge in [0.2, 0.25) is 5.91 Å². The average Bonchev–Trinajstić information content (AvgIpc) is 2.36. The molecule has 1 heterocycles. The Kier molecular flexibility index (Phi) is 6.52. The van der Waals surface area contributed by atoms with Crippen LogP contribution in [-0.2, 0) is 4.79 Å². The molecule has 0 spiro atoms. The van der Waals surface area contributed by atoms with Crippen LogP contribution in [0.2, 0.25) is 0 Å². The first-order valence-corrected chi connectivity index (χ1v) is 6.87. The van der Waals surface area contributed by atoms with E-state index < -0.39 is 0 Å². The predicted molar refractivity (Wildman–Crippen MR) is 70.8 cm³/mol. The molecular weight excluding hydrogens is 214 g/mol. The van der Waals surface area contributed by atoms with Crippen molar-refractivity contribution in [3.8, 4) is 0 Å². The number of rotatable bonds is 6. The average molecular weight is 241 g/mol. The van der Waals surface area contributed by atoms with Crippen LogP contribution in [0.3, 0.4) is 0 Å². The van der Waals surface area contributed by atoms with Crippen LogP contribution in [0.15, 0.2) is 0 Å². The summed E-state index contributed by atoms with van der Waals surface area (Å²) in [6.45, 7) is 10.0. The summed E-state index contributed by atoms with van der Waals surface area (Å²) >= 11 is 0. The molecule has 17 heavy (non-hydrogen) atoms. The quantitative estimate of drug-likeness (QED) is 0.752. The summed E-state index contributed by atoms with van der Waals surface area (Å²) in [6, 6.07) is 0. The summed E-state index contributed by atoms with van der Waals surface area (Å²) in [5.74, 6) is 0.894. The van der Waals surface area contributed by atoms with E-state index in [1.165, 1.54) is 0 Å². The number of amides is 1. The first-order valence-electron chi connectivity index (χ1n) is 6.87. The zero-order valence-electron chi connectivity index (χ0n) is 11.3. The Balaban J connectivity index is 2.20. The van der Waals surface area contributed by atoms with E-state index >= 15 is 0 Å². The molecule has 0 aromatic rings. The van der Waals surface area contributed by atoms with Gasteiger partial charge in [-0.1, -0.05) is 13.8 Å². The van der Waals surface area contributed by atoms with Crippen molar-refractivity contribution in [2.45, 2.75) is 33.1 Å². The van der Waals surface area contributed by atoms with Gasteiger partial charge in [0.25, 0.3) is 0 Å². The Morgan fingerprint density at radius 1 is 1.24 bits per heavy atom. The van der Waals surface area contributed by atoms with Crippen LogP contribution in [0.4, 0.5) is 0 Å². The SMILES string of the molecule is CCN1CCN(C(=O)CCC(C)CCN)CC1. The highest BCUT2D eigenvalue weighted by atomic mass is 16.2. The fraction of sp³-hybridized carbons (Fsp3) is 0.923. The molecule has 1 saturated heterocycles. The van der Waals surface area contributed by atoms with Crippen molar-refractivity contribution >= 4 is 5.91 Å². The molecular formula is C13H27N3O. The number of piperazine rings is 1. The minimum Gasteiger partial charge on any atom is -0.340 e. The number of nitrogens with two attached hydrogens (primary N) is 1. The fourth-order valence-corrected chi connectivity index (χ4v) is 2.27. The molecule has 4 heteroatoms. The number of hydrogen-bond donors (Lipinski definition) is 1. The van der Waals surface area contributed by atoms with Gasteiger partial charge < -0.3 is 15.5 Å².